The van der Waals surface area contributed by atoms with Crippen LogP contribution in [-0.2, 0) is 13.5 Å². The number of hydrazine groups is 1. The quantitative estimate of drug-likeness (QED) is 0.598. The van der Waals surface area contributed by atoms with E-state index in [4.69, 9.17) is 10.6 Å². The molecule has 0 aliphatic carbocycles. The van der Waals surface area contributed by atoms with Crippen molar-refractivity contribution < 1.29 is 4.74 Å². The number of benzene rings is 1. The van der Waals surface area contributed by atoms with Crippen molar-refractivity contribution in [1.82, 2.24) is 15.0 Å². The van der Waals surface area contributed by atoms with Crippen LogP contribution in [0, 0.1) is 0 Å². The van der Waals surface area contributed by atoms with Gasteiger partial charge in [0, 0.05) is 25.9 Å². The number of ether oxygens (including phenoxy) is 1. The smallest absolute Gasteiger partial charge is 0.119 e. The molecular weight excluding hydrogens is 252 g/mol. The van der Waals surface area contributed by atoms with Crippen LogP contribution in [-0.4, -0.2) is 16.2 Å². The maximum absolute atomic E-state index is 5.69. The first-order valence-corrected chi connectivity index (χ1v) is 6.89. The van der Waals surface area contributed by atoms with Crippen LogP contribution in [0.1, 0.15) is 30.8 Å². The Kier molecular flexibility index (Phi) is 5.15. The molecule has 2 aromatic rings. The molecule has 0 bridgehead atoms. The molecule has 0 aliphatic heterocycles. The van der Waals surface area contributed by atoms with Crippen molar-refractivity contribution in [2.24, 2.45) is 12.9 Å². The van der Waals surface area contributed by atoms with Crippen LogP contribution in [0.5, 0.6) is 5.75 Å². The van der Waals surface area contributed by atoms with Gasteiger partial charge in [-0.05, 0) is 24.1 Å². The molecule has 1 aromatic heterocycles. The van der Waals surface area contributed by atoms with Crippen LogP contribution in [0.15, 0.2) is 36.7 Å². The molecule has 0 aliphatic rings. The topological polar surface area (TPSA) is 65.1 Å². The molecule has 0 radical (unpaired) electrons. The van der Waals surface area contributed by atoms with E-state index in [9.17, 15) is 0 Å². The van der Waals surface area contributed by atoms with Crippen molar-refractivity contribution >= 4 is 0 Å². The number of hydrogen-bond donors (Lipinski definition) is 2. The van der Waals surface area contributed by atoms with Crippen LogP contribution in [0.4, 0.5) is 0 Å². The zero-order chi connectivity index (χ0) is 14.4. The summed E-state index contributed by atoms with van der Waals surface area (Å²) in [7, 11) is 1.98. The highest BCUT2D eigenvalue weighted by molar-refractivity contribution is 5.31. The van der Waals surface area contributed by atoms with E-state index in [0.29, 0.717) is 0 Å². The zero-order valence-electron chi connectivity index (χ0n) is 12.0. The van der Waals surface area contributed by atoms with Gasteiger partial charge in [0.15, 0.2) is 0 Å². The van der Waals surface area contributed by atoms with E-state index in [1.807, 2.05) is 42.1 Å². The van der Waals surface area contributed by atoms with Crippen LogP contribution < -0.4 is 16.0 Å². The van der Waals surface area contributed by atoms with Crippen LogP contribution in [0.25, 0.3) is 0 Å². The Balaban J connectivity index is 2.12. The molecule has 1 unspecified atom stereocenters. The average molecular weight is 274 g/mol. The fraction of sp³-hybridized carbons (Fsp3) is 0.400. The average Bonchev–Trinajstić information content (AvgIpc) is 2.88. The molecule has 20 heavy (non-hydrogen) atoms. The van der Waals surface area contributed by atoms with E-state index in [1.54, 1.807) is 6.20 Å². The van der Waals surface area contributed by atoms with Crippen molar-refractivity contribution in [1.29, 1.82) is 0 Å². The fourth-order valence-corrected chi connectivity index (χ4v) is 2.09. The van der Waals surface area contributed by atoms with Crippen LogP contribution in [0.3, 0.4) is 0 Å². The Morgan fingerprint density at radius 2 is 2.30 bits per heavy atom. The Labute approximate surface area is 119 Å². The van der Waals surface area contributed by atoms with Crippen molar-refractivity contribution in [3.8, 4) is 5.75 Å². The Morgan fingerprint density at radius 3 is 2.95 bits per heavy atom. The summed E-state index contributed by atoms with van der Waals surface area (Å²) < 4.78 is 7.66. The van der Waals surface area contributed by atoms with Gasteiger partial charge in [0.1, 0.15) is 11.6 Å². The monoisotopic (exact) mass is 274 g/mol. The minimum absolute atomic E-state index is 0.0151. The number of rotatable bonds is 7. The molecule has 5 nitrogen and oxygen atoms in total. The molecule has 0 spiro atoms. The van der Waals surface area contributed by atoms with Gasteiger partial charge in [-0.25, -0.2) is 4.98 Å². The Bertz CT molecular complexity index is 538. The van der Waals surface area contributed by atoms with Gasteiger partial charge in [-0.3, -0.25) is 11.3 Å². The summed E-state index contributed by atoms with van der Waals surface area (Å²) in [4.78, 5) is 4.34. The SMILES string of the molecule is CCCOc1cccc(C(Cc2nccn2C)NN)c1. The van der Waals surface area contributed by atoms with Crippen LogP contribution >= 0.6 is 0 Å². The van der Waals surface area contributed by atoms with E-state index in [2.05, 4.69) is 17.3 Å². The molecular formula is C15H22N4O. The summed E-state index contributed by atoms with van der Waals surface area (Å²) in [6.45, 7) is 2.82. The summed E-state index contributed by atoms with van der Waals surface area (Å²) >= 11 is 0. The lowest BCUT2D eigenvalue weighted by atomic mass is 10.0. The normalized spacial score (nSPS) is 12.3. The molecule has 1 heterocycles. The first-order valence-electron chi connectivity index (χ1n) is 6.89. The number of nitrogens with one attached hydrogen (secondary N) is 1. The number of hydrogen-bond acceptors (Lipinski definition) is 4. The second kappa shape index (κ2) is 7.07. The van der Waals surface area contributed by atoms with Gasteiger partial charge in [-0.15, -0.1) is 0 Å². The predicted octanol–water partition coefficient (Wildman–Crippen LogP) is 1.96. The molecule has 0 saturated carbocycles. The molecule has 1 atom stereocenters. The van der Waals surface area contributed by atoms with E-state index in [1.165, 1.54) is 0 Å². The number of aromatic nitrogens is 2. The van der Waals surface area contributed by atoms with Gasteiger partial charge in [0.2, 0.25) is 0 Å². The van der Waals surface area contributed by atoms with Crippen molar-refractivity contribution in [2.45, 2.75) is 25.8 Å². The zero-order valence-corrected chi connectivity index (χ0v) is 12.0. The minimum Gasteiger partial charge on any atom is -0.494 e. The van der Waals surface area contributed by atoms with Gasteiger partial charge in [-0.2, -0.15) is 0 Å². The largest absolute Gasteiger partial charge is 0.494 e. The maximum Gasteiger partial charge on any atom is 0.119 e. The second-order valence-electron chi connectivity index (χ2n) is 4.80. The van der Waals surface area contributed by atoms with Gasteiger partial charge in [0.25, 0.3) is 0 Å². The molecule has 3 N–H and O–H groups in total. The molecule has 2 rings (SSSR count). The highest BCUT2D eigenvalue weighted by Gasteiger charge is 2.13. The molecule has 1 aromatic carbocycles. The lowest BCUT2D eigenvalue weighted by Gasteiger charge is -2.17. The van der Waals surface area contributed by atoms with E-state index in [-0.39, 0.29) is 6.04 Å². The summed E-state index contributed by atoms with van der Waals surface area (Å²) in [5.74, 6) is 7.57. The standard InChI is InChI=1S/C15H22N4O/c1-3-9-20-13-6-4-5-12(10-13)14(18-16)11-15-17-7-8-19(15)2/h4-8,10,14,18H,3,9,11,16H2,1-2H3. The second-order valence-corrected chi connectivity index (χ2v) is 4.80. The lowest BCUT2D eigenvalue weighted by molar-refractivity contribution is 0.316. The van der Waals surface area contributed by atoms with Crippen LogP contribution in [0.2, 0.25) is 0 Å². The number of imidazole rings is 1. The third kappa shape index (κ3) is 3.59. The molecule has 108 valence electrons. The molecule has 5 heteroatoms. The van der Waals surface area contributed by atoms with E-state index >= 15 is 0 Å². The Hall–Kier alpha value is -1.85. The molecule has 0 amide bonds. The van der Waals surface area contributed by atoms with Crippen molar-refractivity contribution in [2.75, 3.05) is 6.61 Å². The summed E-state index contributed by atoms with van der Waals surface area (Å²) in [6, 6.07) is 8.05. The van der Waals surface area contributed by atoms with Gasteiger partial charge >= 0.3 is 0 Å². The first-order chi connectivity index (χ1) is 9.74. The van der Waals surface area contributed by atoms with Crippen molar-refractivity contribution in [3.63, 3.8) is 0 Å². The summed E-state index contributed by atoms with van der Waals surface area (Å²) in [6.07, 6.45) is 5.46. The third-order valence-corrected chi connectivity index (χ3v) is 3.24. The number of nitrogens with two attached hydrogens (primary N) is 1. The predicted molar refractivity (Wildman–Crippen MR) is 79.2 cm³/mol. The van der Waals surface area contributed by atoms with Gasteiger partial charge in [0.05, 0.1) is 12.6 Å². The lowest BCUT2D eigenvalue weighted by Crippen LogP contribution is -2.30. The molecule has 0 saturated heterocycles. The first kappa shape index (κ1) is 14.6. The number of nitrogens with zero attached hydrogens (tertiary/aromatic N) is 2. The van der Waals surface area contributed by atoms with E-state index in [0.717, 1.165) is 36.6 Å². The third-order valence-electron chi connectivity index (χ3n) is 3.24. The maximum atomic E-state index is 5.69. The highest BCUT2D eigenvalue weighted by Crippen LogP contribution is 2.21. The summed E-state index contributed by atoms with van der Waals surface area (Å²) in [5.41, 5.74) is 3.96. The number of aryl methyl sites for hydroxylation is 1. The van der Waals surface area contributed by atoms with E-state index < -0.39 is 0 Å². The highest BCUT2D eigenvalue weighted by atomic mass is 16.5. The van der Waals surface area contributed by atoms with Gasteiger partial charge in [-0.1, -0.05) is 19.1 Å². The van der Waals surface area contributed by atoms with Gasteiger partial charge < -0.3 is 9.30 Å². The minimum atomic E-state index is 0.0151. The Morgan fingerprint density at radius 1 is 1.45 bits per heavy atom. The van der Waals surface area contributed by atoms with Crippen molar-refractivity contribution in [3.05, 3.63) is 48.0 Å². The fourth-order valence-electron chi connectivity index (χ4n) is 2.09. The molecule has 0 fully saturated rings. The summed E-state index contributed by atoms with van der Waals surface area (Å²) in [5, 5.41) is 0.